The van der Waals surface area contributed by atoms with Gasteiger partial charge in [-0.2, -0.15) is 0 Å². The molecule has 1 unspecified atom stereocenters. The van der Waals surface area contributed by atoms with E-state index < -0.39 is 11.0 Å². The van der Waals surface area contributed by atoms with Crippen molar-refractivity contribution in [1.29, 1.82) is 0 Å². The summed E-state index contributed by atoms with van der Waals surface area (Å²) in [5.41, 5.74) is 1.80. The molecule has 34 heavy (non-hydrogen) atoms. The molecule has 1 atom stereocenters. The zero-order chi connectivity index (χ0) is 23.8. The van der Waals surface area contributed by atoms with Crippen LogP contribution in [0.15, 0.2) is 60.7 Å². The number of rotatable bonds is 6. The van der Waals surface area contributed by atoms with Crippen molar-refractivity contribution in [3.63, 3.8) is 0 Å². The number of carbonyl (C=O) groups excluding carboxylic acids is 2. The van der Waals surface area contributed by atoms with Gasteiger partial charge >= 0.3 is 0 Å². The van der Waals surface area contributed by atoms with Gasteiger partial charge in [0.15, 0.2) is 0 Å². The second-order valence-electron chi connectivity index (χ2n) is 9.04. The van der Waals surface area contributed by atoms with Crippen LogP contribution >= 0.6 is 0 Å². The first kappa shape index (κ1) is 22.2. The molecule has 1 saturated heterocycles. The molecule has 2 amide bonds. The molecule has 8 heteroatoms. The first-order chi connectivity index (χ1) is 16.4. The van der Waals surface area contributed by atoms with Crippen LogP contribution in [0, 0.1) is 16.0 Å². The van der Waals surface area contributed by atoms with Gasteiger partial charge < -0.3 is 10.0 Å². The highest BCUT2D eigenvalue weighted by atomic mass is 16.6. The number of non-ortho nitro benzene ring substituents is 1. The maximum absolute atomic E-state index is 13.1. The van der Waals surface area contributed by atoms with Gasteiger partial charge in [0, 0.05) is 41.7 Å². The first-order valence-corrected chi connectivity index (χ1v) is 11.4. The molecule has 2 heterocycles. The van der Waals surface area contributed by atoms with E-state index in [1.807, 2.05) is 24.3 Å². The largest absolute Gasteiger partial charge is 0.387 e. The van der Waals surface area contributed by atoms with E-state index in [9.17, 15) is 24.8 Å². The van der Waals surface area contributed by atoms with Crippen molar-refractivity contribution in [2.24, 2.45) is 5.92 Å². The van der Waals surface area contributed by atoms with Crippen LogP contribution in [0.25, 0.3) is 10.8 Å². The molecular formula is C26H25N3O5. The number of imide groups is 1. The van der Waals surface area contributed by atoms with Crippen LogP contribution in [0.4, 0.5) is 5.69 Å². The van der Waals surface area contributed by atoms with Gasteiger partial charge in [0.25, 0.3) is 17.5 Å². The number of nitro benzene ring substituents is 1. The van der Waals surface area contributed by atoms with Crippen molar-refractivity contribution < 1.29 is 19.6 Å². The molecule has 5 rings (SSSR count). The van der Waals surface area contributed by atoms with Gasteiger partial charge in [-0.05, 0) is 67.1 Å². The quantitative estimate of drug-likeness (QED) is 0.342. The van der Waals surface area contributed by atoms with Crippen LogP contribution in [0.1, 0.15) is 45.2 Å². The zero-order valence-corrected chi connectivity index (χ0v) is 18.6. The first-order valence-electron chi connectivity index (χ1n) is 11.4. The Kier molecular flexibility index (Phi) is 5.85. The lowest BCUT2D eigenvalue weighted by Gasteiger charge is -2.36. The van der Waals surface area contributed by atoms with Crippen molar-refractivity contribution in [2.45, 2.75) is 18.9 Å². The van der Waals surface area contributed by atoms with Gasteiger partial charge in [-0.15, -0.1) is 0 Å². The summed E-state index contributed by atoms with van der Waals surface area (Å²) in [7, 11) is 0. The van der Waals surface area contributed by atoms with Crippen LogP contribution in [0.2, 0.25) is 0 Å². The Bertz CT molecular complexity index is 1210. The third-order valence-electron chi connectivity index (χ3n) is 6.92. The minimum absolute atomic E-state index is 0.00238. The van der Waals surface area contributed by atoms with E-state index in [1.54, 1.807) is 24.3 Å². The molecule has 2 aliphatic heterocycles. The number of benzene rings is 3. The Labute approximate surface area is 196 Å². The lowest BCUT2D eigenvalue weighted by atomic mass is 9.91. The summed E-state index contributed by atoms with van der Waals surface area (Å²) < 4.78 is 0. The monoisotopic (exact) mass is 459 g/mol. The Morgan fingerprint density at radius 2 is 1.53 bits per heavy atom. The smallest absolute Gasteiger partial charge is 0.269 e. The second-order valence-corrected chi connectivity index (χ2v) is 9.04. The minimum atomic E-state index is -0.736. The molecule has 0 aliphatic carbocycles. The molecule has 3 aromatic carbocycles. The summed E-state index contributed by atoms with van der Waals surface area (Å²) >= 11 is 0. The summed E-state index contributed by atoms with van der Waals surface area (Å²) in [6.07, 6.45) is 0.894. The Hall–Kier alpha value is -3.62. The molecule has 2 aliphatic rings. The number of hydrogen-bond donors (Lipinski definition) is 1. The molecule has 174 valence electrons. The molecular weight excluding hydrogens is 434 g/mol. The van der Waals surface area contributed by atoms with E-state index in [4.69, 9.17) is 0 Å². The van der Waals surface area contributed by atoms with Crippen LogP contribution in [-0.2, 0) is 0 Å². The number of β-amino-alcohol motifs (C(OH)–C–C–N with tert-alkyl or cyclic N) is 1. The van der Waals surface area contributed by atoms with Crippen LogP contribution in [0.5, 0.6) is 0 Å². The lowest BCUT2D eigenvalue weighted by Crippen LogP contribution is -2.46. The number of carbonyl (C=O) groups is 2. The molecule has 1 fully saturated rings. The van der Waals surface area contributed by atoms with Crippen molar-refractivity contribution in [2.75, 3.05) is 26.2 Å². The number of aliphatic hydroxyl groups is 1. The highest BCUT2D eigenvalue weighted by molar-refractivity contribution is 6.25. The maximum Gasteiger partial charge on any atom is 0.269 e. The molecule has 0 saturated carbocycles. The van der Waals surface area contributed by atoms with Crippen LogP contribution in [-0.4, -0.2) is 57.8 Å². The van der Waals surface area contributed by atoms with Gasteiger partial charge in [-0.3, -0.25) is 24.6 Å². The maximum atomic E-state index is 13.1. The predicted molar refractivity (Wildman–Crippen MR) is 127 cm³/mol. The van der Waals surface area contributed by atoms with Crippen LogP contribution in [0.3, 0.4) is 0 Å². The van der Waals surface area contributed by atoms with E-state index in [-0.39, 0.29) is 23.4 Å². The number of likely N-dealkylation sites (tertiary alicyclic amines) is 1. The van der Waals surface area contributed by atoms with E-state index in [1.165, 1.54) is 17.0 Å². The van der Waals surface area contributed by atoms with Gasteiger partial charge in [-0.1, -0.05) is 24.3 Å². The number of hydrogen-bond acceptors (Lipinski definition) is 6. The lowest BCUT2D eigenvalue weighted by molar-refractivity contribution is -0.384. The molecule has 3 aromatic rings. The van der Waals surface area contributed by atoms with Crippen molar-refractivity contribution >= 4 is 28.3 Å². The van der Waals surface area contributed by atoms with E-state index in [0.29, 0.717) is 29.8 Å². The number of nitrogens with zero attached hydrogens (tertiary/aromatic N) is 3. The topological polar surface area (TPSA) is 104 Å². The minimum Gasteiger partial charge on any atom is -0.387 e. The Morgan fingerprint density at radius 3 is 2.09 bits per heavy atom. The second kappa shape index (κ2) is 8.96. The van der Waals surface area contributed by atoms with Gasteiger partial charge in [0.1, 0.15) is 0 Å². The Balaban J connectivity index is 1.20. The third kappa shape index (κ3) is 4.06. The zero-order valence-electron chi connectivity index (χ0n) is 18.6. The third-order valence-corrected chi connectivity index (χ3v) is 6.92. The summed E-state index contributed by atoms with van der Waals surface area (Å²) in [5.74, 6) is -0.263. The van der Waals surface area contributed by atoms with E-state index in [2.05, 4.69) is 4.90 Å². The molecule has 0 radical (unpaired) electrons. The number of aliphatic hydroxyl groups excluding tert-OH is 1. The standard InChI is InChI=1S/C26H25N3O5/c30-23(18-7-9-20(10-8-18)29(33)34)16-27-13-11-17(12-14-27)15-28-25(31)21-5-1-3-19-4-2-6-22(24(19)21)26(28)32/h1-10,17,23,30H,11-16H2. The van der Waals surface area contributed by atoms with E-state index in [0.717, 1.165) is 36.7 Å². The highest BCUT2D eigenvalue weighted by Crippen LogP contribution is 2.31. The molecule has 8 nitrogen and oxygen atoms in total. The molecule has 0 bridgehead atoms. The number of piperidine rings is 1. The molecule has 0 spiro atoms. The number of nitro groups is 1. The van der Waals surface area contributed by atoms with Crippen molar-refractivity contribution in [3.8, 4) is 0 Å². The summed E-state index contributed by atoms with van der Waals surface area (Å²) in [6.45, 7) is 2.32. The fraction of sp³-hybridized carbons (Fsp3) is 0.308. The fourth-order valence-electron chi connectivity index (χ4n) is 5.02. The predicted octanol–water partition coefficient (Wildman–Crippen LogP) is 3.79. The van der Waals surface area contributed by atoms with Crippen molar-refractivity contribution in [3.05, 3.63) is 87.5 Å². The highest BCUT2D eigenvalue weighted by Gasteiger charge is 2.35. The average molecular weight is 460 g/mol. The molecule has 1 N–H and O–H groups in total. The van der Waals surface area contributed by atoms with Gasteiger partial charge in [0.2, 0.25) is 0 Å². The summed E-state index contributed by atoms with van der Waals surface area (Å²) in [6, 6.07) is 17.1. The van der Waals surface area contributed by atoms with Crippen LogP contribution < -0.4 is 0 Å². The fourth-order valence-corrected chi connectivity index (χ4v) is 5.02. The van der Waals surface area contributed by atoms with Gasteiger partial charge in [-0.25, -0.2) is 0 Å². The number of amides is 2. The van der Waals surface area contributed by atoms with Crippen molar-refractivity contribution in [1.82, 2.24) is 9.80 Å². The molecule has 0 aromatic heterocycles. The van der Waals surface area contributed by atoms with Gasteiger partial charge in [0.05, 0.1) is 11.0 Å². The normalized spacial score (nSPS) is 17.9. The Morgan fingerprint density at radius 1 is 0.941 bits per heavy atom. The average Bonchev–Trinajstić information content (AvgIpc) is 2.86. The SMILES string of the molecule is O=C1c2cccc3cccc(c23)C(=O)N1CC1CCN(CC(O)c2ccc([N+](=O)[O-])cc2)CC1. The van der Waals surface area contributed by atoms with E-state index >= 15 is 0 Å². The summed E-state index contributed by atoms with van der Waals surface area (Å²) in [4.78, 5) is 40.2. The summed E-state index contributed by atoms with van der Waals surface area (Å²) in [5, 5.41) is 23.0.